The topological polar surface area (TPSA) is 33.1 Å². The zero-order valence-corrected chi connectivity index (χ0v) is 13.1. The van der Waals surface area contributed by atoms with Crippen molar-refractivity contribution in [2.45, 2.75) is 26.3 Å². The van der Waals surface area contributed by atoms with E-state index in [2.05, 4.69) is 31.2 Å². The molecule has 1 atom stereocenters. The van der Waals surface area contributed by atoms with Crippen LogP contribution in [0.25, 0.3) is 0 Å². The van der Waals surface area contributed by atoms with Crippen molar-refractivity contribution in [3.05, 3.63) is 15.9 Å². The van der Waals surface area contributed by atoms with Gasteiger partial charge in [0.1, 0.15) is 0 Å². The van der Waals surface area contributed by atoms with Gasteiger partial charge in [0.2, 0.25) is 0 Å². The Balaban J connectivity index is 2.00. The quantitative estimate of drug-likeness (QED) is 0.921. The smallest absolute Gasteiger partial charge is 0.0739 e. The summed E-state index contributed by atoms with van der Waals surface area (Å²) in [6.45, 7) is 6.57. The maximum Gasteiger partial charge on any atom is 0.0739 e. The summed E-state index contributed by atoms with van der Waals surface area (Å²) in [5.41, 5.74) is 2.37. The summed E-state index contributed by atoms with van der Waals surface area (Å²) >= 11 is 3.65. The van der Waals surface area contributed by atoms with Gasteiger partial charge in [-0.15, -0.1) is 0 Å². The fraction of sp³-hybridized carbons (Fsp3) is 0.769. The molecule has 1 N–H and O–H groups in total. The highest BCUT2D eigenvalue weighted by Gasteiger charge is 2.21. The van der Waals surface area contributed by atoms with E-state index >= 15 is 0 Å². The normalized spacial score (nSPS) is 21.4. The second-order valence-electron chi connectivity index (χ2n) is 5.27. The minimum absolute atomic E-state index is 0.789. The minimum Gasteiger partial charge on any atom is -0.319 e. The summed E-state index contributed by atoms with van der Waals surface area (Å²) in [5, 5.41) is 7.76. The van der Waals surface area contributed by atoms with Crippen LogP contribution in [0.1, 0.15) is 24.2 Å². The van der Waals surface area contributed by atoms with Crippen LogP contribution in [0.15, 0.2) is 4.47 Å². The van der Waals surface area contributed by atoms with Crippen LogP contribution in [0.5, 0.6) is 0 Å². The second kappa shape index (κ2) is 6.17. The molecule has 1 aromatic rings. The van der Waals surface area contributed by atoms with E-state index in [0.717, 1.165) is 24.7 Å². The Morgan fingerprint density at radius 2 is 2.28 bits per heavy atom. The third-order valence-electron chi connectivity index (χ3n) is 3.73. The standard InChI is InChI=1S/C13H23BrN4/c1-10-13(14)12(17(3)16-10)9-18-6-4-5-11(8-18)7-15-2/h11,15H,4-9H2,1-3H3. The molecule has 0 aromatic carbocycles. The van der Waals surface area contributed by atoms with Gasteiger partial charge in [0, 0.05) is 20.1 Å². The van der Waals surface area contributed by atoms with Crippen molar-refractivity contribution >= 4 is 15.9 Å². The van der Waals surface area contributed by atoms with Crippen molar-refractivity contribution in [1.82, 2.24) is 20.0 Å². The number of aromatic nitrogens is 2. The average Bonchev–Trinajstić information content (AvgIpc) is 2.57. The van der Waals surface area contributed by atoms with E-state index in [-0.39, 0.29) is 0 Å². The summed E-state index contributed by atoms with van der Waals surface area (Å²) in [4.78, 5) is 2.55. The van der Waals surface area contributed by atoms with Crippen molar-refractivity contribution < 1.29 is 0 Å². The predicted molar refractivity (Wildman–Crippen MR) is 77.6 cm³/mol. The first-order chi connectivity index (χ1) is 8.61. The van der Waals surface area contributed by atoms with Crippen molar-refractivity contribution in [3.63, 3.8) is 0 Å². The molecule has 2 heterocycles. The van der Waals surface area contributed by atoms with Gasteiger partial charge in [-0.1, -0.05) is 0 Å². The number of piperidine rings is 1. The predicted octanol–water partition coefficient (Wildman–Crippen LogP) is 1.92. The van der Waals surface area contributed by atoms with Gasteiger partial charge < -0.3 is 5.32 Å². The first-order valence-electron chi connectivity index (χ1n) is 6.66. The Bertz CT molecular complexity index is 400. The van der Waals surface area contributed by atoms with Gasteiger partial charge in [-0.2, -0.15) is 5.10 Å². The maximum absolute atomic E-state index is 4.46. The number of nitrogens with zero attached hydrogens (tertiary/aromatic N) is 3. The molecule has 1 fully saturated rings. The van der Waals surface area contributed by atoms with E-state index in [4.69, 9.17) is 0 Å². The van der Waals surface area contributed by atoms with Crippen LogP contribution in [-0.2, 0) is 13.6 Å². The number of likely N-dealkylation sites (tertiary alicyclic amines) is 1. The van der Waals surface area contributed by atoms with Gasteiger partial charge in [-0.3, -0.25) is 9.58 Å². The molecule has 1 saturated heterocycles. The molecule has 18 heavy (non-hydrogen) atoms. The maximum atomic E-state index is 4.46. The van der Waals surface area contributed by atoms with E-state index in [0.29, 0.717) is 0 Å². The summed E-state index contributed by atoms with van der Waals surface area (Å²) in [5.74, 6) is 0.789. The Hall–Kier alpha value is -0.390. The number of hydrogen-bond donors (Lipinski definition) is 1. The molecule has 5 heteroatoms. The molecule has 102 valence electrons. The summed E-state index contributed by atoms with van der Waals surface area (Å²) in [6, 6.07) is 0. The highest BCUT2D eigenvalue weighted by molar-refractivity contribution is 9.10. The molecule has 0 saturated carbocycles. The van der Waals surface area contributed by atoms with E-state index in [1.807, 2.05) is 25.7 Å². The lowest BCUT2D eigenvalue weighted by Gasteiger charge is -2.32. The zero-order valence-electron chi connectivity index (χ0n) is 11.5. The van der Waals surface area contributed by atoms with Gasteiger partial charge in [-0.25, -0.2) is 0 Å². The molecule has 0 bridgehead atoms. The van der Waals surface area contributed by atoms with Crippen molar-refractivity contribution in [2.75, 3.05) is 26.7 Å². The lowest BCUT2D eigenvalue weighted by Crippen LogP contribution is -2.38. The number of hydrogen-bond acceptors (Lipinski definition) is 3. The molecule has 0 aliphatic carbocycles. The molecule has 0 radical (unpaired) electrons. The summed E-state index contributed by atoms with van der Waals surface area (Å²) in [7, 11) is 4.07. The Kier molecular flexibility index (Phi) is 4.81. The van der Waals surface area contributed by atoms with Gasteiger partial charge in [-0.05, 0) is 61.8 Å². The lowest BCUT2D eigenvalue weighted by molar-refractivity contribution is 0.163. The molecule has 0 spiro atoms. The van der Waals surface area contributed by atoms with Crippen molar-refractivity contribution in [2.24, 2.45) is 13.0 Å². The Morgan fingerprint density at radius 1 is 1.50 bits per heavy atom. The van der Waals surface area contributed by atoms with Crippen LogP contribution in [0.2, 0.25) is 0 Å². The lowest BCUT2D eigenvalue weighted by atomic mass is 9.98. The first kappa shape index (κ1) is 14.0. The van der Waals surface area contributed by atoms with Crippen LogP contribution >= 0.6 is 15.9 Å². The fourth-order valence-electron chi connectivity index (χ4n) is 2.81. The number of halogens is 1. The molecule has 1 aliphatic heterocycles. The van der Waals surface area contributed by atoms with Crippen LogP contribution in [0.4, 0.5) is 0 Å². The van der Waals surface area contributed by atoms with Gasteiger partial charge in [0.05, 0.1) is 15.9 Å². The van der Waals surface area contributed by atoms with Gasteiger partial charge >= 0.3 is 0 Å². The van der Waals surface area contributed by atoms with Gasteiger partial charge in [0.25, 0.3) is 0 Å². The summed E-state index contributed by atoms with van der Waals surface area (Å²) in [6.07, 6.45) is 2.66. The highest BCUT2D eigenvalue weighted by atomic mass is 79.9. The number of rotatable bonds is 4. The average molecular weight is 315 g/mol. The third-order valence-corrected chi connectivity index (χ3v) is 4.76. The SMILES string of the molecule is CNCC1CCCN(Cc2c(Br)c(C)nn2C)C1. The molecular weight excluding hydrogens is 292 g/mol. The molecule has 4 nitrogen and oxygen atoms in total. The largest absolute Gasteiger partial charge is 0.319 e. The number of aryl methyl sites for hydroxylation is 2. The van der Waals surface area contributed by atoms with E-state index < -0.39 is 0 Å². The van der Waals surface area contributed by atoms with Crippen LogP contribution in [0, 0.1) is 12.8 Å². The van der Waals surface area contributed by atoms with Crippen LogP contribution in [0.3, 0.4) is 0 Å². The van der Waals surface area contributed by atoms with E-state index in [1.165, 1.54) is 36.1 Å². The first-order valence-corrected chi connectivity index (χ1v) is 7.46. The molecule has 1 unspecified atom stereocenters. The minimum atomic E-state index is 0.789. The molecule has 1 aliphatic rings. The molecule has 2 rings (SSSR count). The molecular formula is C13H23BrN4. The second-order valence-corrected chi connectivity index (χ2v) is 6.06. The van der Waals surface area contributed by atoms with Crippen molar-refractivity contribution in [1.29, 1.82) is 0 Å². The Labute approximate surface area is 118 Å². The molecule has 0 amide bonds. The Morgan fingerprint density at radius 3 is 2.89 bits per heavy atom. The van der Waals surface area contributed by atoms with Crippen LogP contribution in [-0.4, -0.2) is 41.4 Å². The third kappa shape index (κ3) is 3.13. The van der Waals surface area contributed by atoms with Crippen LogP contribution < -0.4 is 5.32 Å². The van der Waals surface area contributed by atoms with Crippen molar-refractivity contribution in [3.8, 4) is 0 Å². The number of nitrogens with one attached hydrogen (secondary N) is 1. The molecule has 1 aromatic heterocycles. The fourth-order valence-corrected chi connectivity index (χ4v) is 3.28. The highest BCUT2D eigenvalue weighted by Crippen LogP contribution is 2.24. The van der Waals surface area contributed by atoms with E-state index in [9.17, 15) is 0 Å². The van der Waals surface area contributed by atoms with Gasteiger partial charge in [0.15, 0.2) is 0 Å². The monoisotopic (exact) mass is 314 g/mol. The summed E-state index contributed by atoms with van der Waals surface area (Å²) < 4.78 is 3.17. The zero-order chi connectivity index (χ0) is 13.1. The van der Waals surface area contributed by atoms with E-state index in [1.54, 1.807) is 0 Å².